The maximum Gasteiger partial charge on any atom is 0.148 e. The summed E-state index contributed by atoms with van der Waals surface area (Å²) >= 11 is 1.78. The van der Waals surface area contributed by atoms with Crippen LogP contribution in [0.25, 0.3) is 121 Å². The molecule has 7 heteroatoms. The Morgan fingerprint density at radius 3 is 1.77 bits per heavy atom. The van der Waals surface area contributed by atoms with E-state index in [9.17, 15) is 5.11 Å². The fraction of sp³-hybridized carbons (Fsp3) is 0.0882. The Kier molecular flexibility index (Phi) is 12.5. The smallest absolute Gasteiger partial charge is 0.148 e. The summed E-state index contributed by atoms with van der Waals surface area (Å²) in [6.45, 7) is 9.08. The number of phenols is 1. The minimum atomic E-state index is 0. The van der Waals surface area contributed by atoms with Crippen LogP contribution >= 0.6 is 11.3 Å². The van der Waals surface area contributed by atoms with Gasteiger partial charge in [-0.25, -0.2) is 4.98 Å². The monoisotopic (exact) mass is 1170 g/mol. The number of phenolic OH excluding ortho intramolecular Hbond substituents is 1. The molecule has 0 unspecified atom stereocenters. The molecule has 0 saturated heterocycles. The van der Waals surface area contributed by atoms with Crippen LogP contribution in [0.4, 0.5) is 0 Å². The third-order valence-corrected chi connectivity index (χ3v) is 15.7. The summed E-state index contributed by atoms with van der Waals surface area (Å²) in [6.07, 6.45) is 0. The Morgan fingerprint density at radius 1 is 0.467 bits per heavy atom. The van der Waals surface area contributed by atoms with Crippen LogP contribution in [0, 0.1) is 6.07 Å². The van der Waals surface area contributed by atoms with Crippen molar-refractivity contribution in [3.63, 3.8) is 0 Å². The van der Waals surface area contributed by atoms with Gasteiger partial charge in [0.25, 0.3) is 0 Å². The van der Waals surface area contributed by atoms with Crippen molar-refractivity contribution in [3.05, 3.63) is 236 Å². The minimum Gasteiger partial charge on any atom is -0.507 e. The number of rotatable bonds is 10. The van der Waals surface area contributed by atoms with Gasteiger partial charge in [0.2, 0.25) is 0 Å². The van der Waals surface area contributed by atoms with Crippen molar-refractivity contribution in [2.24, 2.45) is 0 Å². The third kappa shape index (κ3) is 8.30. The Balaban J connectivity index is 0.00000569. The van der Waals surface area contributed by atoms with Gasteiger partial charge in [0.15, 0.2) is 0 Å². The first kappa shape index (κ1) is 47.8. The molecule has 0 aliphatic carbocycles. The van der Waals surface area contributed by atoms with Gasteiger partial charge in [0.1, 0.15) is 11.6 Å². The van der Waals surface area contributed by atoms with E-state index in [1.807, 2.05) is 18.2 Å². The molecule has 3 aromatic heterocycles. The number of fused-ring (bicyclic) bond motifs is 5. The number of aromatic hydroxyl groups is 1. The molecule has 13 rings (SSSR count). The van der Waals surface area contributed by atoms with Crippen LogP contribution in [0.5, 0.6) is 5.75 Å². The van der Waals surface area contributed by atoms with E-state index in [4.69, 9.17) is 9.97 Å². The molecule has 75 heavy (non-hydrogen) atoms. The van der Waals surface area contributed by atoms with Crippen molar-refractivity contribution in [3.8, 4) is 84.4 Å². The molecular formula is C68H51N4OPtS-. The van der Waals surface area contributed by atoms with Gasteiger partial charge >= 0.3 is 0 Å². The zero-order chi connectivity index (χ0) is 50.0. The fourth-order valence-electron chi connectivity index (χ4n) is 10.9. The number of hydrogen-bond donors (Lipinski definition) is 1. The molecule has 0 radical (unpaired) electrons. The van der Waals surface area contributed by atoms with E-state index in [1.54, 1.807) is 17.4 Å². The van der Waals surface area contributed by atoms with Gasteiger partial charge in [0, 0.05) is 37.0 Å². The van der Waals surface area contributed by atoms with E-state index in [0.717, 1.165) is 88.3 Å². The van der Waals surface area contributed by atoms with E-state index in [2.05, 4.69) is 237 Å². The number of nitrogens with zero attached hydrogens (tertiary/aromatic N) is 4. The molecule has 1 N–H and O–H groups in total. The van der Waals surface area contributed by atoms with Crippen LogP contribution in [0.3, 0.4) is 0 Å². The average Bonchev–Trinajstić information content (AvgIpc) is 4.17. The Bertz CT molecular complexity index is 4240. The first-order valence-electron chi connectivity index (χ1n) is 25.4. The van der Waals surface area contributed by atoms with Gasteiger partial charge in [-0.05, 0) is 122 Å². The van der Waals surface area contributed by atoms with Gasteiger partial charge < -0.3 is 9.67 Å². The number of imidazole rings is 2. The largest absolute Gasteiger partial charge is 0.507 e. The van der Waals surface area contributed by atoms with Crippen LogP contribution < -0.4 is 0 Å². The van der Waals surface area contributed by atoms with E-state index < -0.39 is 0 Å². The van der Waals surface area contributed by atoms with Crippen molar-refractivity contribution in [2.75, 3.05) is 0 Å². The number of benzene rings is 10. The van der Waals surface area contributed by atoms with Crippen LogP contribution in [0.15, 0.2) is 218 Å². The zero-order valence-corrected chi connectivity index (χ0v) is 45.0. The maximum absolute atomic E-state index is 11.7. The summed E-state index contributed by atoms with van der Waals surface area (Å²) in [5.41, 5.74) is 18.5. The molecule has 3 heterocycles. The molecule has 0 bridgehead atoms. The topological polar surface area (TPSA) is 55.9 Å². The molecule has 0 saturated carbocycles. The molecule has 0 aliphatic heterocycles. The molecule has 0 fully saturated rings. The number of hydrogen-bond acceptors (Lipinski definition) is 4. The maximum atomic E-state index is 11.7. The molecule has 5 nitrogen and oxygen atoms in total. The van der Waals surface area contributed by atoms with Crippen LogP contribution in [0.1, 0.15) is 50.7 Å². The fourth-order valence-corrected chi connectivity index (χ4v) is 12.1. The summed E-state index contributed by atoms with van der Waals surface area (Å²) in [5.74, 6) is 2.01. The quantitative estimate of drug-likeness (QED) is 0.139. The van der Waals surface area contributed by atoms with Crippen LogP contribution in [-0.2, 0) is 21.1 Å². The van der Waals surface area contributed by atoms with Crippen LogP contribution in [0.2, 0.25) is 0 Å². The average molecular weight is 1170 g/mol. The SMILES string of the molecule is CC(C)c1cc(-c2ccccc2)cc(C(C)C)c1-n1c(-c2ccccc2O)nc2c(-c3[c-]c(-c4nc5ccccc5n4-c4ccc(-c5ccccc5)cc4-c4ccccc4)c4sc5ccccc5c4c3)cccc21.[Pt]. The van der Waals surface area contributed by atoms with Crippen molar-refractivity contribution >= 4 is 53.6 Å². The predicted octanol–water partition coefficient (Wildman–Crippen LogP) is 18.5. The number of aromatic nitrogens is 4. The second-order valence-electron chi connectivity index (χ2n) is 19.8. The standard InChI is InChI=1S/C68H51N4OS.Pt/c1-42(2)53-38-48(45-23-10-6-11-24-45)39-54(43(3)4)65(53)72-61-32-20-29-50(64(61)70-67(72)52-28-14-18-33-62(52)73)49-40-56-51-27-15-19-34-63(51)74-66(56)57(41-49)68-69-58-30-16-17-31-60(58)71(68)59-36-35-47(44-21-8-5-9-22-44)37-55(59)46-25-12-7-13-26-46;/h5-40,42-43,73H,1-4H3;/q-1;. The Morgan fingerprint density at radius 2 is 1.07 bits per heavy atom. The summed E-state index contributed by atoms with van der Waals surface area (Å²) in [6, 6.07) is 81.0. The molecule has 10 aromatic carbocycles. The van der Waals surface area contributed by atoms with Gasteiger partial charge in [-0.2, -0.15) is 11.3 Å². The summed E-state index contributed by atoms with van der Waals surface area (Å²) in [5, 5.41) is 14.0. The molecule has 0 aliphatic rings. The normalized spacial score (nSPS) is 11.7. The number of para-hydroxylation sites is 4. The second-order valence-corrected chi connectivity index (χ2v) is 20.8. The first-order valence-corrected chi connectivity index (χ1v) is 26.2. The molecule has 0 atom stereocenters. The molecule has 0 spiro atoms. The van der Waals surface area contributed by atoms with Crippen molar-refractivity contribution in [1.29, 1.82) is 0 Å². The van der Waals surface area contributed by atoms with Crippen LogP contribution in [-0.4, -0.2) is 24.2 Å². The Hall–Kier alpha value is -8.15. The summed E-state index contributed by atoms with van der Waals surface area (Å²) in [7, 11) is 0. The third-order valence-electron chi connectivity index (χ3n) is 14.5. The molecule has 0 amide bonds. The van der Waals surface area contributed by atoms with Gasteiger partial charge in [-0.15, -0.1) is 17.7 Å². The van der Waals surface area contributed by atoms with Crippen molar-refractivity contribution < 1.29 is 26.2 Å². The summed E-state index contributed by atoms with van der Waals surface area (Å²) in [4.78, 5) is 11.2. The van der Waals surface area contributed by atoms with Gasteiger partial charge in [-0.3, -0.25) is 9.55 Å². The van der Waals surface area contributed by atoms with Gasteiger partial charge in [-0.1, -0.05) is 196 Å². The van der Waals surface area contributed by atoms with Crippen molar-refractivity contribution in [1.82, 2.24) is 19.1 Å². The summed E-state index contributed by atoms with van der Waals surface area (Å²) < 4.78 is 6.97. The first-order chi connectivity index (χ1) is 36.3. The molecular weight excluding hydrogens is 1120 g/mol. The Labute approximate surface area is 455 Å². The van der Waals surface area contributed by atoms with E-state index in [0.29, 0.717) is 11.4 Å². The molecule has 366 valence electrons. The van der Waals surface area contributed by atoms with E-state index >= 15 is 0 Å². The molecule has 13 aromatic rings. The van der Waals surface area contributed by atoms with Gasteiger partial charge in [0.05, 0.1) is 39.1 Å². The zero-order valence-electron chi connectivity index (χ0n) is 41.9. The number of thiophene rings is 1. The minimum absolute atomic E-state index is 0. The predicted molar refractivity (Wildman–Crippen MR) is 310 cm³/mol. The van der Waals surface area contributed by atoms with E-state index in [-0.39, 0.29) is 38.7 Å². The second kappa shape index (κ2) is 19.6. The van der Waals surface area contributed by atoms with Crippen molar-refractivity contribution in [2.45, 2.75) is 39.5 Å². The van der Waals surface area contributed by atoms with E-state index in [1.165, 1.54) is 32.3 Å².